The molecule has 1 aliphatic heterocycles. The molecule has 7 nitrogen and oxygen atoms in total. The number of amides is 2. The number of carboxylic acid groups (broad SMARTS) is 1. The maximum atomic E-state index is 12.1. The highest BCUT2D eigenvalue weighted by Crippen LogP contribution is 2.32. The molecule has 0 bridgehead atoms. The fourth-order valence-corrected chi connectivity index (χ4v) is 4.32. The molecule has 0 radical (unpaired) electrons. The molecule has 0 spiro atoms. The van der Waals surface area contributed by atoms with Gasteiger partial charge < -0.3 is 5.11 Å². The van der Waals surface area contributed by atoms with Crippen LogP contribution in [0.25, 0.3) is 10.9 Å². The van der Waals surface area contributed by atoms with Crippen LogP contribution in [0.5, 0.6) is 0 Å². The Kier molecular flexibility index (Phi) is 4.68. The number of nitrogens with zero attached hydrogens (tertiary/aromatic N) is 2. The van der Waals surface area contributed by atoms with Crippen LogP contribution >= 0.6 is 0 Å². The molecule has 1 aromatic carbocycles. The van der Waals surface area contributed by atoms with Crippen molar-refractivity contribution in [1.29, 1.82) is 0 Å². The molecule has 1 atom stereocenters. The first-order chi connectivity index (χ1) is 13.0. The van der Waals surface area contributed by atoms with Crippen molar-refractivity contribution in [3.8, 4) is 0 Å². The fraction of sp³-hybridized carbons (Fsp3) is 0.500. The summed E-state index contributed by atoms with van der Waals surface area (Å²) in [6.45, 7) is 0.785. The van der Waals surface area contributed by atoms with Crippen molar-refractivity contribution in [1.82, 2.24) is 15.1 Å². The SMILES string of the molecule is O=C1CC[C@@H](c2ccc3c(cnn3CC3CCC(C(=O)O)CC3)c2)C(=O)N1. The average Bonchev–Trinajstić information content (AvgIpc) is 3.04. The molecule has 142 valence electrons. The highest BCUT2D eigenvalue weighted by atomic mass is 16.4. The first kappa shape index (κ1) is 17.7. The van der Waals surface area contributed by atoms with Gasteiger partial charge in [0.2, 0.25) is 11.8 Å². The number of hydrogen-bond acceptors (Lipinski definition) is 4. The van der Waals surface area contributed by atoms with E-state index in [0.29, 0.717) is 18.8 Å². The summed E-state index contributed by atoms with van der Waals surface area (Å²) in [6.07, 6.45) is 6.01. The Morgan fingerprint density at radius 3 is 2.67 bits per heavy atom. The summed E-state index contributed by atoms with van der Waals surface area (Å²) >= 11 is 0. The van der Waals surface area contributed by atoms with Crippen LogP contribution in [0.2, 0.25) is 0 Å². The number of imide groups is 1. The molecule has 1 saturated heterocycles. The molecule has 27 heavy (non-hydrogen) atoms. The van der Waals surface area contributed by atoms with Crippen LogP contribution in [-0.4, -0.2) is 32.7 Å². The Balaban J connectivity index is 1.47. The second-order valence-electron chi connectivity index (χ2n) is 7.70. The van der Waals surface area contributed by atoms with Crippen LogP contribution in [0, 0.1) is 11.8 Å². The lowest BCUT2D eigenvalue weighted by Crippen LogP contribution is -2.39. The van der Waals surface area contributed by atoms with Gasteiger partial charge in [0, 0.05) is 18.4 Å². The normalized spacial score (nSPS) is 26.1. The van der Waals surface area contributed by atoms with Crippen LogP contribution in [0.4, 0.5) is 0 Å². The van der Waals surface area contributed by atoms with Gasteiger partial charge in [-0.1, -0.05) is 6.07 Å². The van der Waals surface area contributed by atoms with E-state index in [4.69, 9.17) is 5.11 Å². The molecule has 2 amide bonds. The number of carboxylic acids is 1. The Morgan fingerprint density at radius 1 is 1.19 bits per heavy atom. The standard InChI is InChI=1S/C20H23N3O4/c24-18-8-6-16(19(25)22-18)14-5-7-17-15(9-14)10-21-23(17)11-12-1-3-13(4-2-12)20(26)27/h5,7,9-10,12-13,16H,1-4,6,8,11H2,(H,26,27)(H,22,24,25)/t12?,13?,16-/m0/s1. The zero-order valence-electron chi connectivity index (χ0n) is 15.1. The molecular weight excluding hydrogens is 346 g/mol. The summed E-state index contributed by atoms with van der Waals surface area (Å²) in [4.78, 5) is 34.5. The quantitative estimate of drug-likeness (QED) is 0.806. The van der Waals surface area contributed by atoms with Gasteiger partial charge in [0.1, 0.15) is 0 Å². The lowest BCUT2D eigenvalue weighted by atomic mass is 9.82. The van der Waals surface area contributed by atoms with Gasteiger partial charge in [0.25, 0.3) is 0 Å². The van der Waals surface area contributed by atoms with Gasteiger partial charge in [0.15, 0.2) is 0 Å². The number of aliphatic carboxylic acids is 1. The molecule has 2 fully saturated rings. The number of hydrogen-bond donors (Lipinski definition) is 2. The summed E-state index contributed by atoms with van der Waals surface area (Å²) in [6, 6.07) is 5.92. The minimum atomic E-state index is -0.682. The molecule has 2 aromatic rings. The van der Waals surface area contributed by atoms with Crippen molar-refractivity contribution in [3.63, 3.8) is 0 Å². The number of aromatic nitrogens is 2. The maximum absolute atomic E-state index is 12.1. The van der Waals surface area contributed by atoms with Gasteiger partial charge in [-0.3, -0.25) is 24.4 Å². The number of rotatable bonds is 4. The van der Waals surface area contributed by atoms with E-state index in [9.17, 15) is 14.4 Å². The van der Waals surface area contributed by atoms with Gasteiger partial charge in [-0.15, -0.1) is 0 Å². The number of nitrogens with one attached hydrogen (secondary N) is 1. The number of carbonyl (C=O) groups excluding carboxylic acids is 2. The van der Waals surface area contributed by atoms with Crippen molar-refractivity contribution in [3.05, 3.63) is 30.0 Å². The first-order valence-electron chi connectivity index (χ1n) is 9.53. The third-order valence-corrected chi connectivity index (χ3v) is 5.93. The highest BCUT2D eigenvalue weighted by molar-refractivity contribution is 6.01. The Morgan fingerprint density at radius 2 is 1.96 bits per heavy atom. The maximum Gasteiger partial charge on any atom is 0.306 e. The summed E-state index contributed by atoms with van der Waals surface area (Å²) in [5.41, 5.74) is 1.93. The lowest BCUT2D eigenvalue weighted by Gasteiger charge is -2.26. The molecule has 1 aliphatic carbocycles. The predicted octanol–water partition coefficient (Wildman–Crippen LogP) is 2.45. The number of benzene rings is 1. The summed E-state index contributed by atoms with van der Waals surface area (Å²) in [5.74, 6) is -1.16. The molecule has 0 unspecified atom stereocenters. The molecule has 7 heteroatoms. The molecule has 1 aromatic heterocycles. The third kappa shape index (κ3) is 3.59. The molecule has 4 rings (SSSR count). The zero-order valence-corrected chi connectivity index (χ0v) is 15.1. The minimum absolute atomic E-state index is 0.202. The van der Waals surface area contributed by atoms with Crippen LogP contribution in [0.1, 0.15) is 50.0 Å². The van der Waals surface area contributed by atoms with Gasteiger partial charge in [0.05, 0.1) is 23.5 Å². The van der Waals surface area contributed by atoms with E-state index in [1.165, 1.54) is 0 Å². The van der Waals surface area contributed by atoms with Gasteiger partial charge in [-0.2, -0.15) is 5.10 Å². The summed E-state index contributed by atoms with van der Waals surface area (Å²) in [5, 5.41) is 17.0. The van der Waals surface area contributed by atoms with E-state index in [-0.39, 0.29) is 23.7 Å². The van der Waals surface area contributed by atoms with Gasteiger partial charge in [-0.25, -0.2) is 0 Å². The van der Waals surface area contributed by atoms with E-state index in [1.54, 1.807) is 0 Å². The predicted molar refractivity (Wildman–Crippen MR) is 97.9 cm³/mol. The van der Waals surface area contributed by atoms with Gasteiger partial charge in [-0.05, 0) is 55.7 Å². The topological polar surface area (TPSA) is 101 Å². The fourth-order valence-electron chi connectivity index (χ4n) is 4.32. The van der Waals surface area contributed by atoms with Crippen LogP contribution < -0.4 is 5.32 Å². The Labute approximate surface area is 156 Å². The van der Waals surface area contributed by atoms with E-state index in [0.717, 1.165) is 48.7 Å². The molecule has 1 saturated carbocycles. The lowest BCUT2D eigenvalue weighted by molar-refractivity contribution is -0.143. The largest absolute Gasteiger partial charge is 0.481 e. The second kappa shape index (κ2) is 7.13. The van der Waals surface area contributed by atoms with Crippen LogP contribution in [-0.2, 0) is 20.9 Å². The summed E-state index contributed by atoms with van der Waals surface area (Å²) < 4.78 is 1.98. The summed E-state index contributed by atoms with van der Waals surface area (Å²) in [7, 11) is 0. The molecule has 2 aliphatic rings. The van der Waals surface area contributed by atoms with E-state index in [1.807, 2.05) is 29.1 Å². The zero-order chi connectivity index (χ0) is 19.0. The Hall–Kier alpha value is -2.70. The average molecular weight is 369 g/mol. The van der Waals surface area contributed by atoms with Crippen molar-refractivity contribution in [2.45, 2.75) is 51.0 Å². The monoisotopic (exact) mass is 369 g/mol. The smallest absolute Gasteiger partial charge is 0.306 e. The van der Waals surface area contributed by atoms with E-state index < -0.39 is 5.97 Å². The Bertz CT molecular complexity index is 896. The number of piperidine rings is 1. The number of fused-ring (bicyclic) bond motifs is 1. The van der Waals surface area contributed by atoms with E-state index in [2.05, 4.69) is 10.4 Å². The van der Waals surface area contributed by atoms with Crippen molar-refractivity contribution < 1.29 is 19.5 Å². The number of carbonyl (C=O) groups is 3. The van der Waals surface area contributed by atoms with E-state index >= 15 is 0 Å². The third-order valence-electron chi connectivity index (χ3n) is 5.93. The van der Waals surface area contributed by atoms with Crippen LogP contribution in [0.3, 0.4) is 0 Å². The van der Waals surface area contributed by atoms with Crippen LogP contribution in [0.15, 0.2) is 24.4 Å². The van der Waals surface area contributed by atoms with Crippen molar-refractivity contribution in [2.75, 3.05) is 0 Å². The molecule has 2 heterocycles. The molecule has 2 N–H and O–H groups in total. The van der Waals surface area contributed by atoms with Crippen molar-refractivity contribution >= 4 is 28.7 Å². The van der Waals surface area contributed by atoms with Crippen molar-refractivity contribution in [2.24, 2.45) is 11.8 Å². The minimum Gasteiger partial charge on any atom is -0.481 e. The van der Waals surface area contributed by atoms with Gasteiger partial charge >= 0.3 is 5.97 Å². The highest BCUT2D eigenvalue weighted by Gasteiger charge is 2.29. The molecular formula is C20H23N3O4. The second-order valence-corrected chi connectivity index (χ2v) is 7.70. The first-order valence-corrected chi connectivity index (χ1v) is 9.53.